The van der Waals surface area contributed by atoms with Crippen molar-refractivity contribution < 1.29 is 4.42 Å². The molecule has 350 valence electrons. The molecule has 4 heterocycles. The Kier molecular flexibility index (Phi) is 9.78. The molecule has 4 aromatic heterocycles. The maximum absolute atomic E-state index is 7.47. The van der Waals surface area contributed by atoms with Crippen molar-refractivity contribution in [1.82, 2.24) is 24.1 Å². The minimum atomic E-state index is 0.561. The SMILES string of the molecule is c1ccc(-c2ccc(-n3c4ccccc4c4ccc5c6ccc7c8ccccc8n(-c8ccccc8-c8nc(-c9cccc(-c%10ccccc%10)c9)nc(-c9ccccc9-c9ccccc9)n8)c7c6oc5c43)cc2)cc1. The van der Waals surface area contributed by atoms with Gasteiger partial charge in [0.15, 0.2) is 28.6 Å². The van der Waals surface area contributed by atoms with Crippen LogP contribution in [0, 0.1) is 0 Å². The number of hydrogen-bond donors (Lipinski definition) is 0. The summed E-state index contributed by atoms with van der Waals surface area (Å²) in [7, 11) is 0. The average molecular weight is 958 g/mol. The molecule has 0 fully saturated rings. The maximum Gasteiger partial charge on any atom is 0.166 e. The van der Waals surface area contributed by atoms with Crippen molar-refractivity contribution in [3.8, 4) is 78.9 Å². The van der Waals surface area contributed by atoms with E-state index in [2.05, 4.69) is 258 Å². The second-order valence-corrected chi connectivity index (χ2v) is 19.1. The molecule has 0 unspecified atom stereocenters. The highest BCUT2D eigenvalue weighted by molar-refractivity contribution is 6.26. The number of nitrogens with zero attached hydrogens (tertiary/aromatic N) is 5. The number of para-hydroxylation sites is 3. The fourth-order valence-corrected chi connectivity index (χ4v) is 11.4. The Bertz CT molecular complexity index is 4690. The van der Waals surface area contributed by atoms with Crippen LogP contribution in [-0.2, 0) is 0 Å². The minimum Gasteiger partial charge on any atom is -0.452 e. The van der Waals surface area contributed by atoms with E-state index in [4.69, 9.17) is 19.4 Å². The Morgan fingerprint density at radius 3 is 1.36 bits per heavy atom. The summed E-state index contributed by atoms with van der Waals surface area (Å²) < 4.78 is 12.2. The third-order valence-electron chi connectivity index (χ3n) is 14.8. The summed E-state index contributed by atoms with van der Waals surface area (Å²) in [6.45, 7) is 0. The average Bonchev–Trinajstić information content (AvgIpc) is 4.27. The van der Waals surface area contributed by atoms with Gasteiger partial charge < -0.3 is 13.6 Å². The molecule has 6 nitrogen and oxygen atoms in total. The Hall–Kier alpha value is -10.2. The van der Waals surface area contributed by atoms with Crippen molar-refractivity contribution in [1.29, 1.82) is 0 Å². The normalized spacial score (nSPS) is 11.7. The standard InChI is InChI=1S/C69H43N5O/c1-4-19-44(20-5-1)46-35-37-50(38-36-46)73-60-32-15-12-28-52(60)54-39-41-56-57-42-40-55-53-29-13-16-33-61(53)74(64(55)66(57)75-65(56)63(54)73)62-34-17-14-31-59(62)69-71-67(49-26-18-25-48(43-49)45-21-6-2-7-22-45)70-68(72-69)58-30-11-10-27-51(58)47-23-8-3-9-24-47/h1-43H. The largest absolute Gasteiger partial charge is 0.452 e. The predicted molar refractivity (Wildman–Crippen MR) is 308 cm³/mol. The monoisotopic (exact) mass is 957 g/mol. The molecule has 0 aliphatic heterocycles. The highest BCUT2D eigenvalue weighted by Crippen LogP contribution is 2.46. The number of benzene rings is 11. The van der Waals surface area contributed by atoms with Crippen LogP contribution < -0.4 is 0 Å². The number of hydrogen-bond acceptors (Lipinski definition) is 4. The Morgan fingerprint density at radius 1 is 0.267 bits per heavy atom. The fourth-order valence-electron chi connectivity index (χ4n) is 11.4. The van der Waals surface area contributed by atoms with E-state index in [0.29, 0.717) is 17.5 Å². The smallest absolute Gasteiger partial charge is 0.166 e. The highest BCUT2D eigenvalue weighted by atomic mass is 16.3. The van der Waals surface area contributed by atoms with Crippen molar-refractivity contribution in [3.63, 3.8) is 0 Å². The van der Waals surface area contributed by atoms with Gasteiger partial charge in [-0.3, -0.25) is 0 Å². The first-order valence-electron chi connectivity index (χ1n) is 25.3. The lowest BCUT2D eigenvalue weighted by Gasteiger charge is -2.15. The number of furan rings is 1. The molecule has 15 aromatic rings. The Labute approximate surface area is 431 Å². The molecule has 0 amide bonds. The van der Waals surface area contributed by atoms with Gasteiger partial charge in [0.25, 0.3) is 0 Å². The molecule has 0 N–H and O–H groups in total. The van der Waals surface area contributed by atoms with Crippen LogP contribution >= 0.6 is 0 Å². The second kappa shape index (κ2) is 17.3. The summed E-state index contributed by atoms with van der Waals surface area (Å²) in [6.07, 6.45) is 0. The third kappa shape index (κ3) is 6.92. The zero-order chi connectivity index (χ0) is 49.4. The first kappa shape index (κ1) is 42.5. The molecule has 15 rings (SSSR count). The van der Waals surface area contributed by atoms with Crippen LogP contribution in [0.3, 0.4) is 0 Å². The quantitative estimate of drug-likeness (QED) is 0.152. The van der Waals surface area contributed by atoms with E-state index in [1.165, 1.54) is 16.5 Å². The molecule has 0 radical (unpaired) electrons. The molecule has 11 aromatic carbocycles. The van der Waals surface area contributed by atoms with Crippen LogP contribution in [-0.4, -0.2) is 24.1 Å². The third-order valence-corrected chi connectivity index (χ3v) is 14.8. The summed E-state index contributed by atoms with van der Waals surface area (Å²) >= 11 is 0. The summed E-state index contributed by atoms with van der Waals surface area (Å²) in [6, 6.07) is 91.9. The van der Waals surface area contributed by atoms with Gasteiger partial charge in [-0.25, -0.2) is 15.0 Å². The molecule has 0 atom stereocenters. The summed E-state index contributed by atoms with van der Waals surface area (Å²) in [5, 5.41) is 6.61. The van der Waals surface area contributed by atoms with E-state index in [-0.39, 0.29) is 0 Å². The van der Waals surface area contributed by atoms with Gasteiger partial charge in [-0.05, 0) is 88.0 Å². The maximum atomic E-state index is 7.47. The zero-order valence-electron chi connectivity index (χ0n) is 40.5. The van der Waals surface area contributed by atoms with Gasteiger partial charge in [-0.15, -0.1) is 0 Å². The van der Waals surface area contributed by atoms with Gasteiger partial charge in [0.05, 0.1) is 27.8 Å². The Balaban J connectivity index is 0.977. The molecular weight excluding hydrogens is 915 g/mol. The Morgan fingerprint density at radius 2 is 0.707 bits per heavy atom. The van der Waals surface area contributed by atoms with E-state index in [1.54, 1.807) is 0 Å². The molecule has 0 bridgehead atoms. The fraction of sp³-hybridized carbons (Fsp3) is 0. The molecule has 0 spiro atoms. The molecule has 0 saturated heterocycles. The van der Waals surface area contributed by atoms with Crippen molar-refractivity contribution >= 4 is 65.6 Å². The van der Waals surface area contributed by atoms with E-state index < -0.39 is 0 Å². The summed E-state index contributed by atoms with van der Waals surface area (Å²) in [5.41, 5.74) is 17.2. The van der Waals surface area contributed by atoms with Crippen molar-refractivity contribution in [2.75, 3.05) is 0 Å². The van der Waals surface area contributed by atoms with Crippen molar-refractivity contribution in [2.45, 2.75) is 0 Å². The van der Waals surface area contributed by atoms with Crippen LogP contribution in [0.15, 0.2) is 265 Å². The summed E-state index contributed by atoms with van der Waals surface area (Å²) in [4.78, 5) is 16.2. The van der Waals surface area contributed by atoms with Crippen molar-refractivity contribution in [2.24, 2.45) is 0 Å². The summed E-state index contributed by atoms with van der Waals surface area (Å²) in [5.74, 6) is 1.73. The first-order chi connectivity index (χ1) is 37.2. The number of rotatable bonds is 8. The van der Waals surface area contributed by atoms with Gasteiger partial charge >= 0.3 is 0 Å². The molecule has 6 heteroatoms. The van der Waals surface area contributed by atoms with Crippen LogP contribution in [0.4, 0.5) is 0 Å². The number of fused-ring (bicyclic) bond motifs is 11. The lowest BCUT2D eigenvalue weighted by molar-refractivity contribution is 0.673. The van der Waals surface area contributed by atoms with E-state index >= 15 is 0 Å². The molecular formula is C69H43N5O. The van der Waals surface area contributed by atoms with Crippen molar-refractivity contribution in [3.05, 3.63) is 261 Å². The van der Waals surface area contributed by atoms with Crippen LogP contribution in [0.1, 0.15) is 0 Å². The molecule has 0 aliphatic rings. The van der Waals surface area contributed by atoms with Crippen LogP contribution in [0.2, 0.25) is 0 Å². The van der Waals surface area contributed by atoms with E-state index in [9.17, 15) is 0 Å². The second-order valence-electron chi connectivity index (χ2n) is 19.1. The zero-order valence-corrected chi connectivity index (χ0v) is 40.5. The van der Waals surface area contributed by atoms with Crippen LogP contribution in [0.5, 0.6) is 0 Å². The number of aromatic nitrogens is 5. The molecule has 0 saturated carbocycles. The van der Waals surface area contributed by atoms with E-state index in [1.807, 2.05) is 12.1 Å². The van der Waals surface area contributed by atoms with Gasteiger partial charge in [0, 0.05) is 54.7 Å². The lowest BCUT2D eigenvalue weighted by Crippen LogP contribution is -2.04. The van der Waals surface area contributed by atoms with Gasteiger partial charge in [0.1, 0.15) is 0 Å². The minimum absolute atomic E-state index is 0.561. The van der Waals surface area contributed by atoms with Gasteiger partial charge in [-0.2, -0.15) is 0 Å². The highest BCUT2D eigenvalue weighted by Gasteiger charge is 2.25. The van der Waals surface area contributed by atoms with Gasteiger partial charge in [0.2, 0.25) is 0 Å². The van der Waals surface area contributed by atoms with Crippen LogP contribution in [0.25, 0.3) is 144 Å². The lowest BCUT2D eigenvalue weighted by atomic mass is 9.99. The van der Waals surface area contributed by atoms with Gasteiger partial charge in [-0.1, -0.05) is 206 Å². The topological polar surface area (TPSA) is 61.7 Å². The van der Waals surface area contributed by atoms with E-state index in [0.717, 1.165) is 110 Å². The molecule has 75 heavy (non-hydrogen) atoms. The predicted octanol–water partition coefficient (Wildman–Crippen LogP) is 18.0. The first-order valence-corrected chi connectivity index (χ1v) is 25.3. The molecule has 0 aliphatic carbocycles.